The molecular weight excluding hydrogens is 348 g/mol. The summed E-state index contributed by atoms with van der Waals surface area (Å²) < 4.78 is 11.4. The van der Waals surface area contributed by atoms with Crippen molar-refractivity contribution in [3.8, 4) is 5.75 Å². The number of ether oxygens (including phenoxy) is 2. The molecule has 1 unspecified atom stereocenters. The second kappa shape index (κ2) is 10.8. The predicted octanol–water partition coefficient (Wildman–Crippen LogP) is 2.28. The average molecular weight is 375 g/mol. The molecule has 0 radical (unpaired) electrons. The molecule has 3 N–H and O–H groups in total. The number of benzene rings is 1. The summed E-state index contributed by atoms with van der Waals surface area (Å²) in [5, 5.41) is 2.91. The lowest BCUT2D eigenvalue weighted by Gasteiger charge is -2.17. The van der Waals surface area contributed by atoms with Gasteiger partial charge in [0.2, 0.25) is 5.91 Å². The maximum atomic E-state index is 12.0. The van der Waals surface area contributed by atoms with Gasteiger partial charge in [0.25, 0.3) is 0 Å². The lowest BCUT2D eigenvalue weighted by atomic mass is 10.1. The SMILES string of the molecule is CSCC[C@H](N)C(=O)NCc1ccc(C)cc1OC1CCOC1.Cl. The van der Waals surface area contributed by atoms with Crippen LogP contribution in [0.3, 0.4) is 0 Å². The van der Waals surface area contributed by atoms with Crippen molar-refractivity contribution in [1.29, 1.82) is 0 Å². The number of carbonyl (C=O) groups is 1. The standard InChI is InChI=1S/C17H26N2O3S.ClH/c1-12-3-4-13(10-19-17(20)15(18)6-8-23-2)16(9-12)22-14-5-7-21-11-14;/h3-4,9,14-15H,5-8,10-11,18H2,1-2H3,(H,19,20);1H/t14?,15-;/m0./s1. The van der Waals surface area contributed by atoms with Gasteiger partial charge in [-0.15, -0.1) is 12.4 Å². The summed E-state index contributed by atoms with van der Waals surface area (Å²) in [6.45, 7) is 3.82. The summed E-state index contributed by atoms with van der Waals surface area (Å²) in [6, 6.07) is 5.56. The third-order valence-corrected chi connectivity index (χ3v) is 4.47. The number of halogens is 1. The van der Waals surface area contributed by atoms with Gasteiger partial charge in [-0.3, -0.25) is 4.79 Å². The Labute approximate surface area is 154 Å². The predicted molar refractivity (Wildman–Crippen MR) is 101 cm³/mol. The first-order valence-corrected chi connectivity index (χ1v) is 9.35. The van der Waals surface area contributed by atoms with Crippen molar-refractivity contribution in [2.24, 2.45) is 5.73 Å². The van der Waals surface area contributed by atoms with Crippen LogP contribution in [0.5, 0.6) is 5.75 Å². The maximum absolute atomic E-state index is 12.0. The summed E-state index contributed by atoms with van der Waals surface area (Å²) in [5.74, 6) is 1.59. The quantitative estimate of drug-likeness (QED) is 0.730. The minimum absolute atomic E-state index is 0. The van der Waals surface area contributed by atoms with Crippen molar-refractivity contribution < 1.29 is 14.3 Å². The third-order valence-electron chi connectivity index (χ3n) is 3.83. The van der Waals surface area contributed by atoms with E-state index >= 15 is 0 Å². The van der Waals surface area contributed by atoms with Crippen molar-refractivity contribution in [2.75, 3.05) is 25.2 Å². The highest BCUT2D eigenvalue weighted by Gasteiger charge is 2.19. The lowest BCUT2D eigenvalue weighted by Crippen LogP contribution is -2.40. The molecule has 2 rings (SSSR count). The molecule has 0 aromatic heterocycles. The van der Waals surface area contributed by atoms with Gasteiger partial charge in [-0.1, -0.05) is 12.1 Å². The van der Waals surface area contributed by atoms with Crippen LogP contribution in [-0.4, -0.2) is 43.3 Å². The molecule has 1 amide bonds. The highest BCUT2D eigenvalue weighted by Crippen LogP contribution is 2.23. The first-order valence-electron chi connectivity index (χ1n) is 7.96. The highest BCUT2D eigenvalue weighted by atomic mass is 35.5. The summed E-state index contributed by atoms with van der Waals surface area (Å²) in [7, 11) is 0. The van der Waals surface area contributed by atoms with Crippen molar-refractivity contribution in [3.05, 3.63) is 29.3 Å². The number of nitrogens with two attached hydrogens (primary N) is 1. The molecule has 2 atom stereocenters. The molecule has 1 fully saturated rings. The van der Waals surface area contributed by atoms with Gasteiger partial charge >= 0.3 is 0 Å². The number of rotatable bonds is 8. The Balaban J connectivity index is 0.00000288. The van der Waals surface area contributed by atoms with Crippen molar-refractivity contribution in [3.63, 3.8) is 0 Å². The second-order valence-corrected chi connectivity index (χ2v) is 6.81. The van der Waals surface area contributed by atoms with Gasteiger partial charge in [0.15, 0.2) is 0 Å². The van der Waals surface area contributed by atoms with Gasteiger partial charge < -0.3 is 20.5 Å². The van der Waals surface area contributed by atoms with E-state index in [-0.39, 0.29) is 24.4 Å². The van der Waals surface area contributed by atoms with Crippen molar-refractivity contribution in [1.82, 2.24) is 5.32 Å². The largest absolute Gasteiger partial charge is 0.488 e. The zero-order valence-electron chi connectivity index (χ0n) is 14.2. The molecular formula is C17H27ClN2O3S. The second-order valence-electron chi connectivity index (χ2n) is 5.82. The first kappa shape index (κ1) is 21.1. The normalized spacial score (nSPS) is 17.9. The van der Waals surface area contributed by atoms with Crippen LogP contribution in [0.2, 0.25) is 0 Å². The zero-order chi connectivity index (χ0) is 16.7. The Morgan fingerprint density at radius 3 is 3.00 bits per heavy atom. The van der Waals surface area contributed by atoms with Gasteiger partial charge in [0, 0.05) is 18.5 Å². The van der Waals surface area contributed by atoms with Gasteiger partial charge in [-0.2, -0.15) is 11.8 Å². The molecule has 0 saturated carbocycles. The number of thioether (sulfide) groups is 1. The third kappa shape index (κ3) is 6.51. The molecule has 1 aromatic carbocycles. The van der Waals surface area contributed by atoms with Crippen LogP contribution in [0.4, 0.5) is 0 Å². The van der Waals surface area contributed by atoms with Crippen LogP contribution in [0.25, 0.3) is 0 Å². The van der Waals surface area contributed by atoms with E-state index in [4.69, 9.17) is 15.2 Å². The smallest absolute Gasteiger partial charge is 0.237 e. The van der Waals surface area contributed by atoms with E-state index in [0.29, 0.717) is 19.6 Å². The van der Waals surface area contributed by atoms with Crippen LogP contribution in [0, 0.1) is 6.92 Å². The molecule has 1 aliphatic rings. The Bertz CT molecular complexity index is 525. The molecule has 24 heavy (non-hydrogen) atoms. The Kier molecular flexibility index (Phi) is 9.51. The van der Waals surface area contributed by atoms with Crippen molar-refractivity contribution >= 4 is 30.1 Å². The molecule has 1 heterocycles. The average Bonchev–Trinajstić information content (AvgIpc) is 3.04. The van der Waals surface area contributed by atoms with Crippen LogP contribution in [0.15, 0.2) is 18.2 Å². The van der Waals surface area contributed by atoms with Gasteiger partial charge in [-0.05, 0) is 37.0 Å². The van der Waals surface area contributed by atoms with E-state index in [1.807, 2.05) is 31.4 Å². The molecule has 0 spiro atoms. The lowest BCUT2D eigenvalue weighted by molar-refractivity contribution is -0.122. The number of aryl methyl sites for hydroxylation is 1. The first-order chi connectivity index (χ1) is 11.1. The van der Waals surface area contributed by atoms with Gasteiger partial charge in [-0.25, -0.2) is 0 Å². The van der Waals surface area contributed by atoms with E-state index in [1.54, 1.807) is 11.8 Å². The Hall–Kier alpha value is -0.950. The fourth-order valence-corrected chi connectivity index (χ4v) is 2.88. The fourth-order valence-electron chi connectivity index (χ4n) is 2.39. The van der Waals surface area contributed by atoms with Crippen LogP contribution >= 0.6 is 24.2 Å². The summed E-state index contributed by atoms with van der Waals surface area (Å²) >= 11 is 1.69. The molecule has 136 valence electrons. The number of hydrogen-bond acceptors (Lipinski definition) is 5. The molecule has 5 nitrogen and oxygen atoms in total. The molecule has 0 bridgehead atoms. The van der Waals surface area contributed by atoms with Gasteiger partial charge in [0.05, 0.1) is 19.3 Å². The maximum Gasteiger partial charge on any atom is 0.237 e. The monoisotopic (exact) mass is 374 g/mol. The number of hydrogen-bond donors (Lipinski definition) is 2. The van der Waals surface area contributed by atoms with Crippen molar-refractivity contribution in [2.45, 2.75) is 38.5 Å². The Morgan fingerprint density at radius 2 is 2.33 bits per heavy atom. The molecule has 0 aliphatic carbocycles. The number of amides is 1. The fraction of sp³-hybridized carbons (Fsp3) is 0.588. The zero-order valence-corrected chi connectivity index (χ0v) is 15.9. The van der Waals surface area contributed by atoms with E-state index in [1.165, 1.54) is 0 Å². The summed E-state index contributed by atoms with van der Waals surface area (Å²) in [6.07, 6.45) is 3.69. The molecule has 7 heteroatoms. The summed E-state index contributed by atoms with van der Waals surface area (Å²) in [4.78, 5) is 12.0. The van der Waals surface area contributed by atoms with E-state index < -0.39 is 6.04 Å². The summed E-state index contributed by atoms with van der Waals surface area (Å²) in [5.41, 5.74) is 7.98. The number of nitrogens with one attached hydrogen (secondary N) is 1. The molecule has 1 aromatic rings. The van der Waals surface area contributed by atoms with Crippen LogP contribution < -0.4 is 15.8 Å². The van der Waals surface area contributed by atoms with E-state index in [2.05, 4.69) is 5.32 Å². The number of carbonyl (C=O) groups excluding carboxylic acids is 1. The Morgan fingerprint density at radius 1 is 1.54 bits per heavy atom. The topological polar surface area (TPSA) is 73.6 Å². The van der Waals surface area contributed by atoms with E-state index in [9.17, 15) is 4.79 Å². The highest BCUT2D eigenvalue weighted by molar-refractivity contribution is 7.98. The minimum atomic E-state index is -0.458. The molecule has 1 aliphatic heterocycles. The van der Waals surface area contributed by atoms with E-state index in [0.717, 1.165) is 35.7 Å². The van der Waals surface area contributed by atoms with Gasteiger partial charge in [0.1, 0.15) is 11.9 Å². The van der Waals surface area contributed by atoms with Crippen LogP contribution in [-0.2, 0) is 16.1 Å². The van der Waals surface area contributed by atoms with Crippen LogP contribution in [0.1, 0.15) is 24.0 Å². The minimum Gasteiger partial charge on any atom is -0.488 e. The molecule has 1 saturated heterocycles.